The molecule has 2 aromatic rings. The van der Waals surface area contributed by atoms with E-state index in [1.807, 2.05) is 30.7 Å². The SMILES string of the molecule is CCn1nc(C)cc1C(NN)c1occc1Br. The first-order valence-corrected chi connectivity index (χ1v) is 6.20. The summed E-state index contributed by atoms with van der Waals surface area (Å²) >= 11 is 3.44. The van der Waals surface area contributed by atoms with Crippen molar-refractivity contribution in [1.29, 1.82) is 0 Å². The van der Waals surface area contributed by atoms with Crippen LogP contribution in [0.1, 0.15) is 30.1 Å². The maximum atomic E-state index is 5.63. The van der Waals surface area contributed by atoms with Crippen LogP contribution in [-0.2, 0) is 6.54 Å². The molecular formula is C11H15BrN4O. The van der Waals surface area contributed by atoms with Crippen molar-refractivity contribution in [3.63, 3.8) is 0 Å². The molecule has 17 heavy (non-hydrogen) atoms. The summed E-state index contributed by atoms with van der Waals surface area (Å²) in [5.74, 6) is 6.38. The minimum Gasteiger partial charge on any atom is -0.466 e. The molecule has 0 saturated heterocycles. The van der Waals surface area contributed by atoms with Crippen LogP contribution in [-0.4, -0.2) is 9.78 Å². The monoisotopic (exact) mass is 298 g/mol. The lowest BCUT2D eigenvalue weighted by Gasteiger charge is -2.15. The van der Waals surface area contributed by atoms with Gasteiger partial charge in [-0.1, -0.05) is 0 Å². The zero-order valence-corrected chi connectivity index (χ0v) is 11.4. The van der Waals surface area contributed by atoms with E-state index in [1.54, 1.807) is 6.26 Å². The third-order valence-electron chi connectivity index (χ3n) is 2.60. The van der Waals surface area contributed by atoms with E-state index in [9.17, 15) is 0 Å². The van der Waals surface area contributed by atoms with Crippen molar-refractivity contribution in [2.24, 2.45) is 5.84 Å². The fraction of sp³-hybridized carbons (Fsp3) is 0.364. The van der Waals surface area contributed by atoms with Crippen molar-refractivity contribution in [2.75, 3.05) is 0 Å². The fourth-order valence-corrected chi connectivity index (χ4v) is 2.29. The van der Waals surface area contributed by atoms with Gasteiger partial charge in [-0.3, -0.25) is 10.5 Å². The molecule has 0 spiro atoms. The van der Waals surface area contributed by atoms with Crippen LogP contribution in [0.15, 0.2) is 27.3 Å². The number of aryl methyl sites for hydroxylation is 2. The normalized spacial score (nSPS) is 12.9. The molecule has 0 aliphatic heterocycles. The smallest absolute Gasteiger partial charge is 0.142 e. The van der Waals surface area contributed by atoms with Crippen LogP contribution in [0.3, 0.4) is 0 Å². The molecule has 6 heteroatoms. The zero-order valence-electron chi connectivity index (χ0n) is 9.77. The Morgan fingerprint density at radius 2 is 2.41 bits per heavy atom. The number of hydrogen-bond acceptors (Lipinski definition) is 4. The molecule has 0 aliphatic rings. The molecule has 0 fully saturated rings. The van der Waals surface area contributed by atoms with Gasteiger partial charge in [0, 0.05) is 6.54 Å². The first-order chi connectivity index (χ1) is 8.17. The third kappa shape index (κ3) is 2.29. The van der Waals surface area contributed by atoms with Crippen LogP contribution in [0.2, 0.25) is 0 Å². The Kier molecular flexibility index (Phi) is 3.66. The van der Waals surface area contributed by atoms with Gasteiger partial charge in [-0.15, -0.1) is 0 Å². The minimum absolute atomic E-state index is 0.208. The molecular weight excluding hydrogens is 284 g/mol. The standard InChI is InChI=1S/C11H15BrN4O/c1-3-16-9(6-7(2)15-16)10(14-13)11-8(12)4-5-17-11/h4-6,10,14H,3,13H2,1-2H3. The number of rotatable bonds is 4. The third-order valence-corrected chi connectivity index (χ3v) is 3.26. The number of nitrogens with zero attached hydrogens (tertiary/aromatic N) is 2. The molecule has 0 saturated carbocycles. The summed E-state index contributed by atoms with van der Waals surface area (Å²) in [7, 11) is 0. The van der Waals surface area contributed by atoms with Crippen molar-refractivity contribution in [2.45, 2.75) is 26.4 Å². The lowest BCUT2D eigenvalue weighted by atomic mass is 10.1. The molecule has 2 heterocycles. The van der Waals surface area contributed by atoms with Crippen LogP contribution in [0.4, 0.5) is 0 Å². The number of hydrazine groups is 1. The van der Waals surface area contributed by atoms with Crippen LogP contribution in [0.5, 0.6) is 0 Å². The van der Waals surface area contributed by atoms with E-state index in [1.165, 1.54) is 0 Å². The number of halogens is 1. The van der Waals surface area contributed by atoms with Gasteiger partial charge in [-0.05, 0) is 41.9 Å². The van der Waals surface area contributed by atoms with Crippen LogP contribution in [0.25, 0.3) is 0 Å². The number of furan rings is 1. The predicted octanol–water partition coefficient (Wildman–Crippen LogP) is 2.12. The van der Waals surface area contributed by atoms with Gasteiger partial charge in [0.05, 0.1) is 22.1 Å². The van der Waals surface area contributed by atoms with E-state index in [-0.39, 0.29) is 6.04 Å². The molecule has 0 amide bonds. The van der Waals surface area contributed by atoms with Crippen LogP contribution in [0, 0.1) is 6.92 Å². The number of hydrogen-bond donors (Lipinski definition) is 2. The Morgan fingerprint density at radius 1 is 1.65 bits per heavy atom. The highest BCUT2D eigenvalue weighted by Crippen LogP contribution is 2.29. The Hall–Kier alpha value is -1.11. The molecule has 0 aromatic carbocycles. The summed E-state index contributed by atoms with van der Waals surface area (Å²) in [5, 5.41) is 4.40. The van der Waals surface area contributed by atoms with Crippen molar-refractivity contribution in [3.8, 4) is 0 Å². The van der Waals surface area contributed by atoms with Crippen molar-refractivity contribution in [1.82, 2.24) is 15.2 Å². The highest BCUT2D eigenvalue weighted by atomic mass is 79.9. The van der Waals surface area contributed by atoms with E-state index in [2.05, 4.69) is 26.5 Å². The zero-order chi connectivity index (χ0) is 12.4. The van der Waals surface area contributed by atoms with Gasteiger partial charge in [-0.25, -0.2) is 5.43 Å². The summed E-state index contributed by atoms with van der Waals surface area (Å²) in [6, 6.07) is 3.64. The van der Waals surface area contributed by atoms with Crippen LogP contribution < -0.4 is 11.3 Å². The Morgan fingerprint density at radius 3 is 2.94 bits per heavy atom. The number of nitrogens with one attached hydrogen (secondary N) is 1. The van der Waals surface area contributed by atoms with Gasteiger partial charge in [0.15, 0.2) is 0 Å². The summed E-state index contributed by atoms with van der Waals surface area (Å²) in [6.45, 7) is 4.79. The first-order valence-electron chi connectivity index (χ1n) is 5.40. The minimum atomic E-state index is -0.208. The van der Waals surface area contributed by atoms with Crippen molar-refractivity contribution >= 4 is 15.9 Å². The molecule has 1 unspecified atom stereocenters. The van der Waals surface area contributed by atoms with E-state index in [0.717, 1.165) is 28.2 Å². The second kappa shape index (κ2) is 5.03. The van der Waals surface area contributed by atoms with Crippen molar-refractivity contribution < 1.29 is 4.42 Å². The molecule has 1 atom stereocenters. The number of nitrogens with two attached hydrogens (primary N) is 1. The van der Waals surface area contributed by atoms with E-state index in [0.29, 0.717) is 0 Å². The maximum Gasteiger partial charge on any atom is 0.142 e. The van der Waals surface area contributed by atoms with E-state index >= 15 is 0 Å². The lowest BCUT2D eigenvalue weighted by Crippen LogP contribution is -2.30. The largest absolute Gasteiger partial charge is 0.466 e. The molecule has 2 aromatic heterocycles. The highest BCUT2D eigenvalue weighted by Gasteiger charge is 2.22. The second-order valence-corrected chi connectivity index (χ2v) is 4.61. The topological polar surface area (TPSA) is 69.0 Å². The van der Waals surface area contributed by atoms with Gasteiger partial charge in [-0.2, -0.15) is 5.10 Å². The van der Waals surface area contributed by atoms with Crippen LogP contribution >= 0.6 is 15.9 Å². The molecule has 3 N–H and O–H groups in total. The summed E-state index contributed by atoms with van der Waals surface area (Å²) in [5.41, 5.74) is 4.72. The lowest BCUT2D eigenvalue weighted by molar-refractivity contribution is 0.430. The molecule has 0 radical (unpaired) electrons. The Bertz CT molecular complexity index is 505. The average Bonchev–Trinajstić information content (AvgIpc) is 2.88. The maximum absolute atomic E-state index is 5.63. The molecule has 0 bridgehead atoms. The van der Waals surface area contributed by atoms with Crippen molar-refractivity contribution in [3.05, 3.63) is 40.0 Å². The Balaban J connectivity index is 2.45. The molecule has 0 aliphatic carbocycles. The van der Waals surface area contributed by atoms with E-state index in [4.69, 9.17) is 10.3 Å². The quantitative estimate of drug-likeness (QED) is 0.670. The predicted molar refractivity (Wildman–Crippen MR) is 68.2 cm³/mol. The van der Waals surface area contributed by atoms with Gasteiger partial charge >= 0.3 is 0 Å². The Labute approximate surface area is 108 Å². The summed E-state index contributed by atoms with van der Waals surface area (Å²) in [4.78, 5) is 0. The summed E-state index contributed by atoms with van der Waals surface area (Å²) in [6.07, 6.45) is 1.63. The van der Waals surface area contributed by atoms with Gasteiger partial charge in [0.25, 0.3) is 0 Å². The average molecular weight is 299 g/mol. The first kappa shape index (κ1) is 12.3. The molecule has 5 nitrogen and oxygen atoms in total. The second-order valence-electron chi connectivity index (χ2n) is 3.76. The van der Waals surface area contributed by atoms with E-state index < -0.39 is 0 Å². The molecule has 92 valence electrons. The number of aromatic nitrogens is 2. The summed E-state index contributed by atoms with van der Waals surface area (Å²) < 4.78 is 8.25. The highest BCUT2D eigenvalue weighted by molar-refractivity contribution is 9.10. The van der Waals surface area contributed by atoms with Gasteiger partial charge in [0.2, 0.25) is 0 Å². The van der Waals surface area contributed by atoms with Gasteiger partial charge < -0.3 is 4.42 Å². The fourth-order valence-electron chi connectivity index (χ4n) is 1.86. The molecule has 2 rings (SSSR count). The van der Waals surface area contributed by atoms with Gasteiger partial charge in [0.1, 0.15) is 11.8 Å².